The van der Waals surface area contributed by atoms with Crippen molar-refractivity contribution in [2.45, 2.75) is 6.92 Å². The Morgan fingerprint density at radius 2 is 2.00 bits per heavy atom. The maximum Gasteiger partial charge on any atom is 0.163 e. The first-order valence-corrected chi connectivity index (χ1v) is 7.28. The minimum atomic E-state index is -0.0258. The van der Waals surface area contributed by atoms with Crippen LogP contribution >= 0.6 is 11.6 Å². The summed E-state index contributed by atoms with van der Waals surface area (Å²) in [7, 11) is 2.14. The molecule has 0 aliphatic carbocycles. The zero-order chi connectivity index (χ0) is 14.5. The van der Waals surface area contributed by atoms with Crippen LogP contribution in [0.1, 0.15) is 17.3 Å². The number of hydrogen-bond acceptors (Lipinski definition) is 4. The van der Waals surface area contributed by atoms with Crippen LogP contribution in [0.25, 0.3) is 0 Å². The van der Waals surface area contributed by atoms with Crippen molar-refractivity contribution in [1.82, 2.24) is 9.80 Å². The zero-order valence-corrected chi connectivity index (χ0v) is 12.8. The monoisotopic (exact) mass is 296 g/mol. The van der Waals surface area contributed by atoms with Gasteiger partial charge >= 0.3 is 0 Å². The SMILES string of the molecule is CC(=O)c1cc(Cl)ccc1OCCN1CCN(C)CC1. The largest absolute Gasteiger partial charge is 0.491 e. The van der Waals surface area contributed by atoms with Crippen LogP contribution in [0.4, 0.5) is 0 Å². The van der Waals surface area contributed by atoms with Crippen LogP contribution in [-0.4, -0.2) is 62.0 Å². The van der Waals surface area contributed by atoms with E-state index in [4.69, 9.17) is 16.3 Å². The van der Waals surface area contributed by atoms with Crippen LogP contribution in [-0.2, 0) is 0 Å². The van der Waals surface area contributed by atoms with Crippen LogP contribution in [0.2, 0.25) is 5.02 Å². The molecule has 5 heteroatoms. The predicted molar refractivity (Wildman–Crippen MR) is 80.9 cm³/mol. The van der Waals surface area contributed by atoms with Gasteiger partial charge in [-0.3, -0.25) is 9.69 Å². The minimum Gasteiger partial charge on any atom is -0.491 e. The molecule has 1 saturated heterocycles. The van der Waals surface area contributed by atoms with Gasteiger partial charge in [0.2, 0.25) is 0 Å². The highest BCUT2D eigenvalue weighted by Gasteiger charge is 2.14. The molecule has 20 heavy (non-hydrogen) atoms. The second-order valence-corrected chi connectivity index (χ2v) is 5.63. The van der Waals surface area contributed by atoms with Gasteiger partial charge in [0.25, 0.3) is 0 Å². The summed E-state index contributed by atoms with van der Waals surface area (Å²) in [5.74, 6) is 0.595. The van der Waals surface area contributed by atoms with E-state index >= 15 is 0 Å². The zero-order valence-electron chi connectivity index (χ0n) is 12.1. The molecule has 1 aromatic carbocycles. The Labute approximate surface area is 125 Å². The van der Waals surface area contributed by atoms with E-state index in [1.807, 2.05) is 0 Å². The Morgan fingerprint density at radius 3 is 2.65 bits per heavy atom. The van der Waals surface area contributed by atoms with Gasteiger partial charge < -0.3 is 9.64 Å². The van der Waals surface area contributed by atoms with Crippen molar-refractivity contribution in [2.24, 2.45) is 0 Å². The van der Waals surface area contributed by atoms with Crippen molar-refractivity contribution in [3.05, 3.63) is 28.8 Å². The number of piperazine rings is 1. The van der Waals surface area contributed by atoms with Crippen molar-refractivity contribution in [3.63, 3.8) is 0 Å². The van der Waals surface area contributed by atoms with E-state index < -0.39 is 0 Å². The third-order valence-electron chi connectivity index (χ3n) is 3.58. The number of Topliss-reactive ketones (excluding diaryl/α,β-unsaturated/α-hetero) is 1. The molecule has 0 spiro atoms. The lowest BCUT2D eigenvalue weighted by Gasteiger charge is -2.32. The number of halogens is 1. The number of rotatable bonds is 5. The van der Waals surface area contributed by atoms with Crippen molar-refractivity contribution < 1.29 is 9.53 Å². The molecule has 110 valence electrons. The quantitative estimate of drug-likeness (QED) is 0.780. The predicted octanol–water partition coefficient (Wildman–Crippen LogP) is 2.17. The molecule has 0 saturated carbocycles. The van der Waals surface area contributed by atoms with Crippen LogP contribution in [0, 0.1) is 0 Å². The molecule has 1 aromatic rings. The number of ketones is 1. The Balaban J connectivity index is 1.86. The maximum absolute atomic E-state index is 11.6. The molecule has 2 rings (SSSR count). The van der Waals surface area contributed by atoms with Crippen molar-refractivity contribution >= 4 is 17.4 Å². The van der Waals surface area contributed by atoms with Crippen LogP contribution in [0.5, 0.6) is 5.75 Å². The Morgan fingerprint density at radius 1 is 1.30 bits per heavy atom. The summed E-state index contributed by atoms with van der Waals surface area (Å²) in [5, 5.41) is 0.557. The Kier molecular flexibility index (Phi) is 5.40. The van der Waals surface area contributed by atoms with Crippen molar-refractivity contribution in [2.75, 3.05) is 46.4 Å². The topological polar surface area (TPSA) is 32.8 Å². The average molecular weight is 297 g/mol. The molecule has 1 fully saturated rings. The minimum absolute atomic E-state index is 0.0258. The summed E-state index contributed by atoms with van der Waals surface area (Å²) in [6, 6.07) is 5.18. The molecule has 0 amide bonds. The first-order chi connectivity index (χ1) is 9.56. The maximum atomic E-state index is 11.6. The van der Waals surface area contributed by atoms with Gasteiger partial charge in [0.1, 0.15) is 12.4 Å². The molecule has 1 aliphatic rings. The third kappa shape index (κ3) is 4.20. The first-order valence-electron chi connectivity index (χ1n) is 6.90. The standard InChI is InChI=1S/C15H21ClN2O2/c1-12(19)14-11-13(16)3-4-15(14)20-10-9-18-7-5-17(2)6-8-18/h3-4,11H,5-10H2,1-2H3. The van der Waals surface area contributed by atoms with E-state index in [-0.39, 0.29) is 5.78 Å². The number of likely N-dealkylation sites (N-methyl/N-ethyl adjacent to an activating group) is 1. The van der Waals surface area contributed by atoms with E-state index in [1.54, 1.807) is 18.2 Å². The molecule has 1 aliphatic heterocycles. The highest BCUT2D eigenvalue weighted by molar-refractivity contribution is 6.31. The molecule has 4 nitrogen and oxygen atoms in total. The summed E-state index contributed by atoms with van der Waals surface area (Å²) < 4.78 is 5.75. The molecule has 1 heterocycles. The molecular formula is C15H21ClN2O2. The highest BCUT2D eigenvalue weighted by Crippen LogP contribution is 2.23. The molecular weight excluding hydrogens is 276 g/mol. The first kappa shape index (κ1) is 15.3. The molecule has 0 bridgehead atoms. The van der Waals surface area contributed by atoms with Crippen LogP contribution < -0.4 is 4.74 Å². The number of benzene rings is 1. The van der Waals surface area contributed by atoms with E-state index in [0.717, 1.165) is 32.7 Å². The number of carbonyl (C=O) groups is 1. The van der Waals surface area contributed by atoms with Crippen LogP contribution in [0.15, 0.2) is 18.2 Å². The van der Waals surface area contributed by atoms with Gasteiger partial charge in [-0.2, -0.15) is 0 Å². The van der Waals surface area contributed by atoms with Gasteiger partial charge in [-0.05, 0) is 32.2 Å². The van der Waals surface area contributed by atoms with E-state index in [1.165, 1.54) is 6.92 Å². The van der Waals surface area contributed by atoms with E-state index in [0.29, 0.717) is 22.9 Å². The normalized spacial score (nSPS) is 17.1. The second kappa shape index (κ2) is 7.07. The lowest BCUT2D eigenvalue weighted by Crippen LogP contribution is -2.45. The fourth-order valence-corrected chi connectivity index (χ4v) is 2.43. The van der Waals surface area contributed by atoms with Gasteiger partial charge in [0.05, 0.1) is 5.56 Å². The molecule has 0 radical (unpaired) electrons. The highest BCUT2D eigenvalue weighted by atomic mass is 35.5. The number of ether oxygens (including phenoxy) is 1. The Hall–Kier alpha value is -1.10. The van der Waals surface area contributed by atoms with Crippen molar-refractivity contribution in [1.29, 1.82) is 0 Å². The van der Waals surface area contributed by atoms with Gasteiger partial charge in [-0.15, -0.1) is 0 Å². The lowest BCUT2D eigenvalue weighted by atomic mass is 10.1. The van der Waals surface area contributed by atoms with Gasteiger partial charge in [-0.25, -0.2) is 0 Å². The summed E-state index contributed by atoms with van der Waals surface area (Å²) in [6.45, 7) is 7.33. The number of nitrogens with zero attached hydrogens (tertiary/aromatic N) is 2. The van der Waals surface area contributed by atoms with Crippen LogP contribution in [0.3, 0.4) is 0 Å². The molecule has 0 N–H and O–H groups in total. The molecule has 0 aromatic heterocycles. The van der Waals surface area contributed by atoms with Gasteiger partial charge in [0, 0.05) is 37.7 Å². The summed E-state index contributed by atoms with van der Waals surface area (Å²) in [6.07, 6.45) is 0. The Bertz CT molecular complexity index is 471. The molecule has 0 unspecified atom stereocenters. The van der Waals surface area contributed by atoms with E-state index in [2.05, 4.69) is 16.8 Å². The smallest absolute Gasteiger partial charge is 0.163 e. The second-order valence-electron chi connectivity index (χ2n) is 5.19. The molecule has 0 atom stereocenters. The fourth-order valence-electron chi connectivity index (χ4n) is 2.26. The van der Waals surface area contributed by atoms with E-state index in [9.17, 15) is 4.79 Å². The number of hydrogen-bond donors (Lipinski definition) is 0. The van der Waals surface area contributed by atoms with Gasteiger partial charge in [0.15, 0.2) is 5.78 Å². The lowest BCUT2D eigenvalue weighted by molar-refractivity contribution is 0.101. The fraction of sp³-hybridized carbons (Fsp3) is 0.533. The summed E-state index contributed by atoms with van der Waals surface area (Å²) in [4.78, 5) is 16.3. The number of carbonyl (C=O) groups excluding carboxylic acids is 1. The van der Waals surface area contributed by atoms with Crippen molar-refractivity contribution in [3.8, 4) is 5.75 Å². The summed E-state index contributed by atoms with van der Waals surface area (Å²) in [5.41, 5.74) is 0.552. The van der Waals surface area contributed by atoms with Gasteiger partial charge in [-0.1, -0.05) is 11.6 Å². The summed E-state index contributed by atoms with van der Waals surface area (Å²) >= 11 is 5.91. The third-order valence-corrected chi connectivity index (χ3v) is 3.82. The average Bonchev–Trinajstić information content (AvgIpc) is 2.42.